The van der Waals surface area contributed by atoms with Crippen molar-refractivity contribution in [3.05, 3.63) is 66.4 Å². The number of fused-ring (bicyclic) bond motifs is 3. The van der Waals surface area contributed by atoms with Crippen LogP contribution in [0.15, 0.2) is 59.9 Å². The van der Waals surface area contributed by atoms with Gasteiger partial charge in [-0.3, -0.25) is 9.36 Å². The number of sulfonamides is 1. The standard InChI is InChI=1S/C20H19N5O3S/c26-20(23-18-7-3-4-10-21-18)19-16-12-24(11-14-8-9-14)29(27,28)17-6-2-1-5-15(17)25(16)13-22-19/h1-7,10,13-14H,8-9,11-12H2,(H,21,23,26). The van der Waals surface area contributed by atoms with E-state index in [2.05, 4.69) is 15.3 Å². The van der Waals surface area contributed by atoms with Gasteiger partial charge < -0.3 is 5.32 Å². The van der Waals surface area contributed by atoms with E-state index in [-0.39, 0.29) is 17.1 Å². The van der Waals surface area contributed by atoms with E-state index < -0.39 is 15.9 Å². The summed E-state index contributed by atoms with van der Waals surface area (Å²) < 4.78 is 29.8. The SMILES string of the molecule is O=C(Nc1ccccn1)c1ncn2c1CN(CC1CC1)S(=O)(=O)c1ccccc1-2. The molecule has 2 aromatic heterocycles. The maximum Gasteiger partial charge on any atom is 0.277 e. The minimum absolute atomic E-state index is 0.0957. The van der Waals surface area contributed by atoms with E-state index in [1.165, 1.54) is 10.6 Å². The van der Waals surface area contributed by atoms with Crippen molar-refractivity contribution >= 4 is 21.7 Å². The summed E-state index contributed by atoms with van der Waals surface area (Å²) in [5.74, 6) is 0.369. The van der Waals surface area contributed by atoms with Crippen LogP contribution in [0.3, 0.4) is 0 Å². The number of nitrogens with zero attached hydrogens (tertiary/aromatic N) is 4. The predicted octanol–water partition coefficient (Wildman–Crippen LogP) is 2.43. The van der Waals surface area contributed by atoms with Crippen molar-refractivity contribution in [3.63, 3.8) is 0 Å². The molecule has 5 rings (SSSR count). The van der Waals surface area contributed by atoms with Gasteiger partial charge in [-0.2, -0.15) is 4.31 Å². The van der Waals surface area contributed by atoms with Crippen molar-refractivity contribution in [1.82, 2.24) is 18.8 Å². The average Bonchev–Trinajstić information content (AvgIpc) is 3.46. The van der Waals surface area contributed by atoms with Gasteiger partial charge in [0.25, 0.3) is 5.91 Å². The highest BCUT2D eigenvalue weighted by molar-refractivity contribution is 7.89. The maximum atomic E-state index is 13.3. The number of imidazole rings is 1. The fourth-order valence-corrected chi connectivity index (χ4v) is 5.21. The largest absolute Gasteiger partial charge is 0.305 e. The Bertz CT molecular complexity index is 1190. The van der Waals surface area contributed by atoms with E-state index in [0.29, 0.717) is 29.7 Å². The normalized spacial score (nSPS) is 17.8. The lowest BCUT2D eigenvalue weighted by Gasteiger charge is -2.20. The topological polar surface area (TPSA) is 97.2 Å². The van der Waals surface area contributed by atoms with Gasteiger partial charge in [0.1, 0.15) is 17.0 Å². The summed E-state index contributed by atoms with van der Waals surface area (Å²) in [5, 5.41) is 2.73. The fraction of sp³-hybridized carbons (Fsp3) is 0.250. The molecule has 0 atom stereocenters. The van der Waals surface area contributed by atoms with Gasteiger partial charge in [0, 0.05) is 12.7 Å². The highest BCUT2D eigenvalue weighted by atomic mass is 32.2. The van der Waals surface area contributed by atoms with Crippen LogP contribution in [0, 0.1) is 5.92 Å². The van der Waals surface area contributed by atoms with Crippen LogP contribution in [-0.4, -0.2) is 39.7 Å². The first-order valence-corrected chi connectivity index (χ1v) is 10.9. The van der Waals surface area contributed by atoms with Gasteiger partial charge >= 0.3 is 0 Å². The molecule has 1 amide bonds. The maximum absolute atomic E-state index is 13.3. The third-order valence-corrected chi connectivity index (χ3v) is 7.07. The molecule has 3 aromatic rings. The fourth-order valence-electron chi connectivity index (χ4n) is 3.55. The van der Waals surface area contributed by atoms with Crippen molar-refractivity contribution in [1.29, 1.82) is 0 Å². The highest BCUT2D eigenvalue weighted by Gasteiger charge is 2.37. The molecule has 1 aliphatic carbocycles. The lowest BCUT2D eigenvalue weighted by molar-refractivity contribution is 0.102. The van der Waals surface area contributed by atoms with Crippen LogP contribution in [0.1, 0.15) is 29.0 Å². The number of nitrogens with one attached hydrogen (secondary N) is 1. The zero-order valence-corrected chi connectivity index (χ0v) is 16.3. The second-order valence-corrected chi connectivity index (χ2v) is 9.19. The highest BCUT2D eigenvalue weighted by Crippen LogP contribution is 2.36. The van der Waals surface area contributed by atoms with E-state index in [0.717, 1.165) is 12.8 Å². The first kappa shape index (κ1) is 18.0. The summed E-state index contributed by atoms with van der Waals surface area (Å²) in [7, 11) is -3.67. The van der Waals surface area contributed by atoms with Gasteiger partial charge in [-0.1, -0.05) is 18.2 Å². The number of carbonyl (C=O) groups is 1. The van der Waals surface area contributed by atoms with Crippen LogP contribution in [0.25, 0.3) is 5.69 Å². The first-order valence-electron chi connectivity index (χ1n) is 9.42. The smallest absolute Gasteiger partial charge is 0.277 e. The molecule has 0 radical (unpaired) electrons. The van der Waals surface area contributed by atoms with Crippen molar-refractivity contribution in [3.8, 4) is 5.69 Å². The number of para-hydroxylation sites is 1. The third-order valence-electron chi connectivity index (χ3n) is 5.22. The molecular weight excluding hydrogens is 390 g/mol. The third kappa shape index (κ3) is 3.22. The number of carbonyl (C=O) groups excluding carboxylic acids is 1. The summed E-state index contributed by atoms with van der Waals surface area (Å²) >= 11 is 0. The molecule has 3 heterocycles. The van der Waals surface area contributed by atoms with Crippen LogP contribution in [-0.2, 0) is 16.6 Å². The Balaban J connectivity index is 1.59. The molecule has 148 valence electrons. The summed E-state index contributed by atoms with van der Waals surface area (Å²) in [4.78, 5) is 21.5. The molecule has 0 spiro atoms. The van der Waals surface area contributed by atoms with Crippen molar-refractivity contribution in [2.45, 2.75) is 24.3 Å². The Kier molecular flexibility index (Phi) is 4.21. The van der Waals surface area contributed by atoms with E-state index in [1.54, 1.807) is 53.2 Å². The second kappa shape index (κ2) is 6.78. The number of anilines is 1. The molecule has 1 fully saturated rings. The molecule has 2 aliphatic rings. The Hall–Kier alpha value is -3.04. The molecule has 8 nitrogen and oxygen atoms in total. The second-order valence-electron chi connectivity index (χ2n) is 7.29. The van der Waals surface area contributed by atoms with Crippen LogP contribution in [0.4, 0.5) is 5.82 Å². The lowest BCUT2D eigenvalue weighted by Crippen LogP contribution is -2.32. The van der Waals surface area contributed by atoms with Gasteiger partial charge in [-0.15, -0.1) is 0 Å². The molecule has 1 saturated carbocycles. The Morgan fingerprint density at radius 3 is 2.66 bits per heavy atom. The average molecular weight is 409 g/mol. The van der Waals surface area contributed by atoms with Crippen LogP contribution >= 0.6 is 0 Å². The van der Waals surface area contributed by atoms with E-state index in [9.17, 15) is 13.2 Å². The zero-order chi connectivity index (χ0) is 20.0. The summed E-state index contributed by atoms with van der Waals surface area (Å²) in [5.41, 5.74) is 1.25. The minimum Gasteiger partial charge on any atom is -0.305 e. The number of pyridine rings is 1. The van der Waals surface area contributed by atoms with E-state index in [1.807, 2.05) is 0 Å². The molecular formula is C20H19N5O3S. The number of hydrogen-bond acceptors (Lipinski definition) is 5. The van der Waals surface area contributed by atoms with Gasteiger partial charge in [0.05, 0.1) is 17.9 Å². The predicted molar refractivity (Wildman–Crippen MR) is 106 cm³/mol. The van der Waals surface area contributed by atoms with E-state index in [4.69, 9.17) is 0 Å². The zero-order valence-electron chi connectivity index (χ0n) is 15.5. The van der Waals surface area contributed by atoms with Crippen LogP contribution < -0.4 is 5.32 Å². The molecule has 1 N–H and O–H groups in total. The molecule has 29 heavy (non-hydrogen) atoms. The summed E-state index contributed by atoms with van der Waals surface area (Å²) in [6.45, 7) is 0.543. The van der Waals surface area contributed by atoms with E-state index >= 15 is 0 Å². The minimum atomic E-state index is -3.67. The van der Waals surface area contributed by atoms with Crippen molar-refractivity contribution in [2.75, 3.05) is 11.9 Å². The molecule has 1 aliphatic heterocycles. The lowest BCUT2D eigenvalue weighted by atomic mass is 10.2. The summed E-state index contributed by atoms with van der Waals surface area (Å²) in [6, 6.07) is 12.1. The van der Waals surface area contributed by atoms with Gasteiger partial charge in [-0.25, -0.2) is 18.4 Å². The van der Waals surface area contributed by atoms with Crippen molar-refractivity contribution in [2.24, 2.45) is 5.92 Å². The monoisotopic (exact) mass is 409 g/mol. The number of amides is 1. The summed E-state index contributed by atoms with van der Waals surface area (Å²) in [6.07, 6.45) is 5.15. The number of rotatable bonds is 4. The number of aromatic nitrogens is 3. The molecule has 0 bridgehead atoms. The van der Waals surface area contributed by atoms with Gasteiger partial charge in [0.2, 0.25) is 10.0 Å². The number of hydrogen-bond donors (Lipinski definition) is 1. The molecule has 1 aromatic carbocycles. The molecule has 9 heteroatoms. The van der Waals surface area contributed by atoms with Gasteiger partial charge in [0.15, 0.2) is 5.69 Å². The van der Waals surface area contributed by atoms with Crippen molar-refractivity contribution < 1.29 is 13.2 Å². The van der Waals surface area contributed by atoms with Crippen LogP contribution in [0.2, 0.25) is 0 Å². The molecule has 0 saturated heterocycles. The Morgan fingerprint density at radius 1 is 1.10 bits per heavy atom. The van der Waals surface area contributed by atoms with Crippen LogP contribution in [0.5, 0.6) is 0 Å². The molecule has 0 unspecified atom stereocenters. The number of benzene rings is 1. The Morgan fingerprint density at radius 2 is 1.90 bits per heavy atom. The van der Waals surface area contributed by atoms with Gasteiger partial charge in [-0.05, 0) is 43.0 Å². The Labute approximate surface area is 168 Å². The first-order chi connectivity index (χ1) is 14.0. The quantitative estimate of drug-likeness (QED) is 0.714.